The number of ether oxygens (including phenoxy) is 1. The van der Waals surface area contributed by atoms with Crippen LogP contribution in [-0.2, 0) is 18.2 Å². The molecule has 2 aromatic heterocycles. The van der Waals surface area contributed by atoms with Gasteiger partial charge in [-0.15, -0.1) is 0 Å². The van der Waals surface area contributed by atoms with E-state index in [0.29, 0.717) is 6.61 Å². The van der Waals surface area contributed by atoms with Gasteiger partial charge in [0.05, 0.1) is 12.8 Å². The molecule has 0 aromatic carbocycles. The summed E-state index contributed by atoms with van der Waals surface area (Å²) in [6.07, 6.45) is 5.30. The second kappa shape index (κ2) is 5.73. The summed E-state index contributed by atoms with van der Waals surface area (Å²) < 4.78 is 11.7. The van der Waals surface area contributed by atoms with Crippen LogP contribution in [0, 0.1) is 0 Å². The lowest BCUT2D eigenvalue weighted by Crippen LogP contribution is -2.05. The lowest BCUT2D eigenvalue weighted by atomic mass is 10.2. The van der Waals surface area contributed by atoms with Crippen LogP contribution in [0.3, 0.4) is 0 Å². The van der Waals surface area contributed by atoms with Gasteiger partial charge in [-0.3, -0.25) is 4.68 Å². The van der Waals surface area contributed by atoms with Gasteiger partial charge in [0.1, 0.15) is 0 Å². The molecule has 96 valence electrons. The van der Waals surface area contributed by atoms with E-state index in [-0.39, 0.29) is 11.0 Å². The van der Waals surface area contributed by atoms with Crippen molar-refractivity contribution in [3.8, 4) is 0 Å². The van der Waals surface area contributed by atoms with Gasteiger partial charge in [-0.05, 0) is 42.1 Å². The van der Waals surface area contributed by atoms with Gasteiger partial charge in [0.15, 0.2) is 5.22 Å². The van der Waals surface area contributed by atoms with E-state index in [9.17, 15) is 4.79 Å². The SMILES string of the molecule is Cn1cc(CCCOC(=O)c2ccc(Cl)o2)cn1. The second-order valence-electron chi connectivity index (χ2n) is 3.87. The van der Waals surface area contributed by atoms with Gasteiger partial charge in [-0.25, -0.2) is 4.79 Å². The number of carbonyl (C=O) groups is 1. The molecule has 2 aromatic rings. The molecular formula is C12H13ClN2O3. The quantitative estimate of drug-likeness (QED) is 0.617. The molecule has 0 radical (unpaired) electrons. The molecule has 0 aliphatic heterocycles. The summed E-state index contributed by atoms with van der Waals surface area (Å²) in [5, 5.41) is 4.24. The fourth-order valence-corrected chi connectivity index (χ4v) is 1.68. The summed E-state index contributed by atoms with van der Waals surface area (Å²) >= 11 is 5.56. The third kappa shape index (κ3) is 3.37. The smallest absolute Gasteiger partial charge is 0.374 e. The van der Waals surface area contributed by atoms with E-state index < -0.39 is 5.97 Å². The minimum absolute atomic E-state index is 0.126. The van der Waals surface area contributed by atoms with Gasteiger partial charge in [0.2, 0.25) is 5.76 Å². The lowest BCUT2D eigenvalue weighted by molar-refractivity contribution is 0.0464. The van der Waals surface area contributed by atoms with Gasteiger partial charge < -0.3 is 9.15 Å². The van der Waals surface area contributed by atoms with Crippen molar-refractivity contribution in [2.75, 3.05) is 6.61 Å². The highest BCUT2D eigenvalue weighted by atomic mass is 35.5. The number of nitrogens with zero attached hydrogens (tertiary/aromatic N) is 2. The number of furan rings is 1. The van der Waals surface area contributed by atoms with Crippen molar-refractivity contribution in [1.29, 1.82) is 0 Å². The second-order valence-corrected chi connectivity index (χ2v) is 4.24. The first-order valence-electron chi connectivity index (χ1n) is 5.55. The Hall–Kier alpha value is -1.75. The van der Waals surface area contributed by atoms with Crippen LogP contribution in [0.4, 0.5) is 0 Å². The largest absolute Gasteiger partial charge is 0.460 e. The number of hydrogen-bond acceptors (Lipinski definition) is 4. The van der Waals surface area contributed by atoms with Crippen LogP contribution in [0.5, 0.6) is 0 Å². The zero-order valence-electron chi connectivity index (χ0n) is 9.93. The summed E-state index contributed by atoms with van der Waals surface area (Å²) in [7, 11) is 1.87. The van der Waals surface area contributed by atoms with Crippen molar-refractivity contribution in [3.05, 3.63) is 41.1 Å². The monoisotopic (exact) mass is 268 g/mol. The Morgan fingerprint density at radius 3 is 3.00 bits per heavy atom. The highest BCUT2D eigenvalue weighted by Gasteiger charge is 2.11. The first-order chi connectivity index (χ1) is 8.65. The molecule has 2 rings (SSSR count). The molecule has 0 spiro atoms. The minimum Gasteiger partial charge on any atom is -0.460 e. The van der Waals surface area contributed by atoms with Gasteiger partial charge in [-0.1, -0.05) is 0 Å². The third-order valence-electron chi connectivity index (χ3n) is 2.38. The molecule has 0 unspecified atom stereocenters. The Bertz CT molecular complexity index is 533. The van der Waals surface area contributed by atoms with Crippen molar-refractivity contribution in [3.63, 3.8) is 0 Å². The Balaban J connectivity index is 1.71. The van der Waals surface area contributed by atoms with Crippen molar-refractivity contribution in [2.24, 2.45) is 7.05 Å². The number of halogens is 1. The summed E-state index contributed by atoms with van der Waals surface area (Å²) in [5.41, 5.74) is 1.12. The number of carbonyl (C=O) groups excluding carboxylic acids is 1. The minimum atomic E-state index is -0.493. The number of aromatic nitrogens is 2. The fraction of sp³-hybridized carbons (Fsp3) is 0.333. The molecule has 0 saturated heterocycles. The fourth-order valence-electron chi connectivity index (χ4n) is 1.54. The maximum atomic E-state index is 11.5. The van der Waals surface area contributed by atoms with Crippen LogP contribution in [0.1, 0.15) is 22.5 Å². The van der Waals surface area contributed by atoms with Crippen LogP contribution < -0.4 is 0 Å². The molecule has 0 aliphatic carbocycles. The third-order valence-corrected chi connectivity index (χ3v) is 2.58. The number of aryl methyl sites for hydroxylation is 2. The standard InChI is InChI=1S/C12H13ClN2O3/c1-15-8-9(7-14-15)3-2-6-17-12(16)10-4-5-11(13)18-10/h4-5,7-8H,2-3,6H2,1H3. The zero-order chi connectivity index (χ0) is 13.0. The highest BCUT2D eigenvalue weighted by molar-refractivity contribution is 6.29. The first-order valence-corrected chi connectivity index (χ1v) is 5.93. The molecule has 18 heavy (non-hydrogen) atoms. The molecule has 0 saturated carbocycles. The Morgan fingerprint density at radius 1 is 1.56 bits per heavy atom. The molecule has 0 fully saturated rings. The molecule has 5 nitrogen and oxygen atoms in total. The maximum absolute atomic E-state index is 11.5. The predicted molar refractivity (Wildman–Crippen MR) is 65.5 cm³/mol. The Labute approximate surface area is 109 Å². The van der Waals surface area contributed by atoms with Gasteiger partial charge in [0.25, 0.3) is 0 Å². The normalized spacial score (nSPS) is 10.6. The van der Waals surface area contributed by atoms with Crippen LogP contribution in [0.15, 0.2) is 28.9 Å². The van der Waals surface area contributed by atoms with Crippen LogP contribution in [-0.4, -0.2) is 22.4 Å². The predicted octanol–water partition coefficient (Wildman–Crippen LogP) is 2.46. The number of esters is 1. The van der Waals surface area contributed by atoms with E-state index in [4.69, 9.17) is 20.8 Å². The van der Waals surface area contributed by atoms with Crippen molar-refractivity contribution in [1.82, 2.24) is 9.78 Å². The maximum Gasteiger partial charge on any atom is 0.374 e. The van der Waals surface area contributed by atoms with Crippen LogP contribution in [0.25, 0.3) is 0 Å². The van der Waals surface area contributed by atoms with E-state index in [1.54, 1.807) is 10.9 Å². The van der Waals surface area contributed by atoms with Crippen LogP contribution >= 0.6 is 11.6 Å². The summed E-state index contributed by atoms with van der Waals surface area (Å²) in [5.74, 6) is -0.366. The van der Waals surface area contributed by atoms with Crippen molar-refractivity contribution >= 4 is 17.6 Å². The summed E-state index contributed by atoms with van der Waals surface area (Å²) in [6, 6.07) is 3.00. The molecule has 2 heterocycles. The number of rotatable bonds is 5. The molecule has 0 amide bonds. The van der Waals surface area contributed by atoms with Crippen molar-refractivity contribution < 1.29 is 13.9 Å². The van der Waals surface area contributed by atoms with E-state index in [0.717, 1.165) is 18.4 Å². The summed E-state index contributed by atoms with van der Waals surface area (Å²) in [6.45, 7) is 0.339. The van der Waals surface area contributed by atoms with E-state index in [1.807, 2.05) is 13.2 Å². The van der Waals surface area contributed by atoms with Gasteiger partial charge >= 0.3 is 5.97 Å². The van der Waals surface area contributed by atoms with E-state index in [1.165, 1.54) is 12.1 Å². The van der Waals surface area contributed by atoms with Gasteiger partial charge in [0, 0.05) is 13.2 Å². The zero-order valence-corrected chi connectivity index (χ0v) is 10.7. The van der Waals surface area contributed by atoms with E-state index in [2.05, 4.69) is 5.10 Å². The molecule has 6 heteroatoms. The Morgan fingerprint density at radius 2 is 2.39 bits per heavy atom. The lowest BCUT2D eigenvalue weighted by Gasteiger charge is -2.01. The topological polar surface area (TPSA) is 57.3 Å². The van der Waals surface area contributed by atoms with E-state index >= 15 is 0 Å². The molecule has 0 N–H and O–H groups in total. The molecule has 0 aliphatic rings. The van der Waals surface area contributed by atoms with Crippen molar-refractivity contribution in [2.45, 2.75) is 12.8 Å². The number of hydrogen-bond donors (Lipinski definition) is 0. The average molecular weight is 269 g/mol. The average Bonchev–Trinajstić information content (AvgIpc) is 2.93. The van der Waals surface area contributed by atoms with Crippen LogP contribution in [0.2, 0.25) is 5.22 Å². The van der Waals surface area contributed by atoms with Gasteiger partial charge in [-0.2, -0.15) is 5.10 Å². The highest BCUT2D eigenvalue weighted by Crippen LogP contribution is 2.14. The molecule has 0 atom stereocenters. The first kappa shape index (κ1) is 12.7. The Kier molecular flexibility index (Phi) is 4.04. The molecule has 0 bridgehead atoms. The molecular weight excluding hydrogens is 256 g/mol. The summed E-state index contributed by atoms with van der Waals surface area (Å²) in [4.78, 5) is 11.5.